The average molecular weight is 826 g/mol. The fourth-order valence-electron chi connectivity index (χ4n) is 12.9. The lowest BCUT2D eigenvalue weighted by Gasteiger charge is -2.41. The minimum absolute atomic E-state index is 0.0101. The minimum atomic E-state index is -0.437. The summed E-state index contributed by atoms with van der Waals surface area (Å²) in [5, 5.41) is 0. The third-order valence-corrected chi connectivity index (χ3v) is 15.7. The maximum absolute atomic E-state index is 4.20. The Hall–Kier alpha value is -6.70. The van der Waals surface area contributed by atoms with Crippen LogP contribution in [0.1, 0.15) is 91.2 Å². The minimum Gasteiger partial charge on any atom is -0.314 e. The van der Waals surface area contributed by atoms with Crippen LogP contribution in [-0.4, -0.2) is 0 Å². The highest BCUT2D eigenvalue weighted by Gasteiger charge is 2.49. The van der Waals surface area contributed by atoms with Gasteiger partial charge in [0.25, 0.3) is 0 Å². The van der Waals surface area contributed by atoms with Gasteiger partial charge in [0.2, 0.25) is 0 Å². The molecule has 12 rings (SSSR count). The Morgan fingerprint density at radius 1 is 0.625 bits per heavy atom. The van der Waals surface area contributed by atoms with E-state index in [2.05, 4.69) is 206 Å². The van der Waals surface area contributed by atoms with Crippen molar-refractivity contribution in [3.8, 4) is 11.1 Å². The molecular formula is C63H55N. The zero-order valence-electron chi connectivity index (χ0n) is 36.7. The number of hydrogen-bond donors (Lipinski definition) is 0. The highest BCUT2D eigenvalue weighted by Crippen LogP contribution is 2.61. The van der Waals surface area contributed by atoms with Crippen molar-refractivity contribution >= 4 is 11.3 Å². The second kappa shape index (κ2) is 15.8. The maximum atomic E-state index is 4.20. The summed E-state index contributed by atoms with van der Waals surface area (Å²) in [6.07, 6.45) is 38.4. The zero-order chi connectivity index (χ0) is 42.7. The van der Waals surface area contributed by atoms with E-state index in [1.54, 1.807) is 5.56 Å². The van der Waals surface area contributed by atoms with E-state index in [0.717, 1.165) is 25.7 Å². The van der Waals surface area contributed by atoms with Crippen molar-refractivity contribution in [2.24, 2.45) is 11.8 Å². The number of rotatable bonds is 8. The molecule has 64 heavy (non-hydrogen) atoms. The van der Waals surface area contributed by atoms with Crippen LogP contribution in [0, 0.1) is 11.8 Å². The number of allylic oxidation sites excluding steroid dienone is 18. The molecule has 0 radical (unpaired) electrons. The molecule has 5 aromatic carbocycles. The van der Waals surface area contributed by atoms with Gasteiger partial charge in [-0.1, -0.05) is 208 Å². The highest BCUT2D eigenvalue weighted by molar-refractivity contribution is 5.91. The Labute approximate surface area is 380 Å². The van der Waals surface area contributed by atoms with E-state index in [0.29, 0.717) is 11.8 Å². The van der Waals surface area contributed by atoms with Crippen molar-refractivity contribution in [1.82, 2.24) is 0 Å². The van der Waals surface area contributed by atoms with Crippen LogP contribution >= 0.6 is 0 Å². The van der Waals surface area contributed by atoms with Gasteiger partial charge >= 0.3 is 0 Å². The molecular weight excluding hydrogens is 771 g/mol. The quantitative estimate of drug-likeness (QED) is 0.151. The van der Waals surface area contributed by atoms with Gasteiger partial charge < -0.3 is 4.90 Å². The molecule has 0 N–H and O–H groups in total. The summed E-state index contributed by atoms with van der Waals surface area (Å²) < 4.78 is 0. The Kier molecular flexibility index (Phi) is 9.63. The van der Waals surface area contributed by atoms with Crippen molar-refractivity contribution < 1.29 is 0 Å². The lowest BCUT2D eigenvalue weighted by molar-refractivity contribution is 0.353. The first-order valence-electron chi connectivity index (χ1n) is 23.9. The predicted molar refractivity (Wildman–Crippen MR) is 268 cm³/mol. The molecule has 2 atom stereocenters. The first kappa shape index (κ1) is 38.9. The normalized spacial score (nSPS) is 22.0. The van der Waals surface area contributed by atoms with Gasteiger partial charge in [-0.05, 0) is 135 Å². The Bertz CT molecular complexity index is 2940. The summed E-state index contributed by atoms with van der Waals surface area (Å²) in [4.78, 5) is 2.72. The van der Waals surface area contributed by atoms with E-state index in [-0.39, 0.29) is 5.41 Å². The lowest BCUT2D eigenvalue weighted by atomic mass is 9.66. The molecule has 1 heteroatoms. The van der Waals surface area contributed by atoms with Crippen LogP contribution in [0.15, 0.2) is 241 Å². The monoisotopic (exact) mass is 825 g/mol. The molecule has 1 nitrogen and oxygen atoms in total. The topological polar surface area (TPSA) is 3.24 Å². The summed E-state index contributed by atoms with van der Waals surface area (Å²) >= 11 is 0. The van der Waals surface area contributed by atoms with Crippen LogP contribution < -0.4 is 4.90 Å². The lowest BCUT2D eigenvalue weighted by Crippen LogP contribution is -2.33. The molecule has 1 saturated carbocycles. The second-order valence-corrected chi connectivity index (χ2v) is 18.8. The number of hydrogen-bond acceptors (Lipinski definition) is 1. The van der Waals surface area contributed by atoms with Gasteiger partial charge in [-0.3, -0.25) is 0 Å². The van der Waals surface area contributed by atoms with Gasteiger partial charge in [0, 0.05) is 22.7 Å². The largest absolute Gasteiger partial charge is 0.314 e. The van der Waals surface area contributed by atoms with Crippen LogP contribution in [0.4, 0.5) is 5.69 Å². The van der Waals surface area contributed by atoms with Crippen LogP contribution in [0.25, 0.3) is 16.7 Å². The van der Waals surface area contributed by atoms with Crippen molar-refractivity contribution in [1.29, 1.82) is 0 Å². The van der Waals surface area contributed by atoms with Crippen molar-refractivity contribution in [3.05, 3.63) is 274 Å². The van der Waals surface area contributed by atoms with Gasteiger partial charge in [0.15, 0.2) is 0 Å². The first-order chi connectivity index (χ1) is 31.7. The number of nitrogens with zero attached hydrogens (tertiary/aromatic N) is 1. The molecule has 1 fully saturated rings. The molecule has 2 unspecified atom stereocenters. The Balaban J connectivity index is 1.02. The smallest absolute Gasteiger partial charge is 0.0710 e. The fourth-order valence-corrected chi connectivity index (χ4v) is 12.9. The SMILES string of the molecule is C=CC1=CCC2C=CC=CC2=C1/C=C/C1C=CC(N(C2=CC3=C(CC2)c2ccccc2C3(c2ccccc2)c2ccccc2)c2cccc3c2C2(CCCCC2)c2ccccc2-3)=CC1. The summed E-state index contributed by atoms with van der Waals surface area (Å²) in [6, 6.07) is 48.4. The molecule has 1 spiro atoms. The van der Waals surface area contributed by atoms with Crippen molar-refractivity contribution in [2.45, 2.75) is 68.6 Å². The molecule has 0 saturated heterocycles. The first-order valence-corrected chi connectivity index (χ1v) is 23.9. The summed E-state index contributed by atoms with van der Waals surface area (Å²) in [5.74, 6) is 0.738. The molecule has 312 valence electrons. The predicted octanol–water partition coefficient (Wildman–Crippen LogP) is 15.8. The number of fused-ring (bicyclic) bond motifs is 8. The molecule has 0 aromatic heterocycles. The van der Waals surface area contributed by atoms with Gasteiger partial charge in [0.05, 0.1) is 11.1 Å². The van der Waals surface area contributed by atoms with Gasteiger partial charge in [-0.2, -0.15) is 0 Å². The molecule has 0 heterocycles. The van der Waals surface area contributed by atoms with Crippen LogP contribution in [-0.2, 0) is 10.8 Å². The Morgan fingerprint density at radius 3 is 2.09 bits per heavy atom. The van der Waals surface area contributed by atoms with E-state index in [9.17, 15) is 0 Å². The van der Waals surface area contributed by atoms with Gasteiger partial charge in [-0.25, -0.2) is 0 Å². The van der Waals surface area contributed by atoms with E-state index in [1.807, 2.05) is 6.08 Å². The van der Waals surface area contributed by atoms with Gasteiger partial charge in [0.1, 0.15) is 0 Å². The molecule has 0 aliphatic heterocycles. The van der Waals surface area contributed by atoms with Crippen molar-refractivity contribution in [3.63, 3.8) is 0 Å². The number of anilines is 1. The van der Waals surface area contributed by atoms with Crippen LogP contribution in [0.3, 0.4) is 0 Å². The molecule has 7 aliphatic carbocycles. The molecule has 0 amide bonds. The Morgan fingerprint density at radius 2 is 1.34 bits per heavy atom. The van der Waals surface area contributed by atoms with E-state index in [1.165, 1.54) is 116 Å². The van der Waals surface area contributed by atoms with Gasteiger partial charge in [-0.15, -0.1) is 0 Å². The van der Waals surface area contributed by atoms with E-state index >= 15 is 0 Å². The fraction of sp³-hybridized carbons (Fsp3) is 0.206. The molecule has 7 aliphatic rings. The summed E-state index contributed by atoms with van der Waals surface area (Å²) in [5.41, 5.74) is 21.8. The van der Waals surface area contributed by atoms with Crippen LogP contribution in [0.5, 0.6) is 0 Å². The maximum Gasteiger partial charge on any atom is 0.0710 e. The molecule has 0 bridgehead atoms. The van der Waals surface area contributed by atoms with E-state index < -0.39 is 5.41 Å². The standard InChI is InChI=1S/C63H55N/c1-2-45-34-35-46-19-10-11-24-51(46)52(45)39-33-44-31-36-49(37-32-44)64(60-30-18-27-56-54-26-12-14-28-57(54)62(61(56)60)41-16-5-17-42-62)50-38-40-55-53-25-13-15-29-58(53)63(59(55)43-50,47-20-6-3-7-21-47)48-22-8-4-9-23-48/h2-4,6-15,18-31,33-34,36-37,39,43-44,46H,1,5,16-17,32,35,38,40-42H2/b39-33+. The average Bonchev–Trinajstić information content (AvgIpc) is 3.81. The highest BCUT2D eigenvalue weighted by atomic mass is 15.2. The molecule has 5 aromatic rings. The van der Waals surface area contributed by atoms with Crippen molar-refractivity contribution in [2.75, 3.05) is 4.90 Å². The second-order valence-electron chi connectivity index (χ2n) is 18.8. The van der Waals surface area contributed by atoms with Crippen LogP contribution in [0.2, 0.25) is 0 Å². The third-order valence-electron chi connectivity index (χ3n) is 15.7. The summed E-state index contributed by atoms with van der Waals surface area (Å²) in [6.45, 7) is 4.20. The van der Waals surface area contributed by atoms with E-state index in [4.69, 9.17) is 0 Å². The summed E-state index contributed by atoms with van der Waals surface area (Å²) in [7, 11) is 0. The number of benzene rings is 5. The zero-order valence-corrected chi connectivity index (χ0v) is 36.7. The third kappa shape index (κ3) is 5.97.